The Kier molecular flexibility index (Phi) is 4.02. The maximum absolute atomic E-state index is 5.36. The van der Waals surface area contributed by atoms with Gasteiger partial charge in [-0.25, -0.2) is 0 Å². The molecule has 0 aromatic heterocycles. The molecule has 14 heavy (non-hydrogen) atoms. The van der Waals surface area contributed by atoms with E-state index >= 15 is 0 Å². The fraction of sp³-hybridized carbons (Fsp3) is 0.833. The van der Waals surface area contributed by atoms with E-state index in [2.05, 4.69) is 17.5 Å². The monoisotopic (exact) mass is 195 g/mol. The molecule has 2 aliphatic rings. The summed E-state index contributed by atoms with van der Waals surface area (Å²) < 4.78 is 5.36. The second kappa shape index (κ2) is 5.52. The molecule has 80 valence electrons. The third-order valence-corrected chi connectivity index (χ3v) is 3.24. The molecule has 2 rings (SSSR count). The molecule has 0 spiro atoms. The molecule has 0 aromatic rings. The van der Waals surface area contributed by atoms with E-state index in [0.717, 1.165) is 25.7 Å². The third-order valence-electron chi connectivity index (χ3n) is 3.24. The van der Waals surface area contributed by atoms with E-state index in [1.165, 1.54) is 32.1 Å². The molecule has 0 bridgehead atoms. The van der Waals surface area contributed by atoms with E-state index in [1.54, 1.807) is 0 Å². The van der Waals surface area contributed by atoms with Crippen LogP contribution in [-0.4, -0.2) is 25.8 Å². The predicted octanol–water partition coefficient (Wildman–Crippen LogP) is 2.11. The van der Waals surface area contributed by atoms with Gasteiger partial charge in [-0.2, -0.15) is 0 Å². The van der Waals surface area contributed by atoms with Gasteiger partial charge in [0.2, 0.25) is 0 Å². The SMILES string of the molecule is C1=CC(NCCC2CCOC2)CCC1. The van der Waals surface area contributed by atoms with Crippen molar-refractivity contribution in [2.45, 2.75) is 38.1 Å². The van der Waals surface area contributed by atoms with Crippen LogP contribution in [0.3, 0.4) is 0 Å². The van der Waals surface area contributed by atoms with Crippen LogP contribution in [0.4, 0.5) is 0 Å². The van der Waals surface area contributed by atoms with Crippen LogP contribution in [0.25, 0.3) is 0 Å². The average Bonchev–Trinajstić information content (AvgIpc) is 2.72. The van der Waals surface area contributed by atoms with Crippen LogP contribution >= 0.6 is 0 Å². The lowest BCUT2D eigenvalue weighted by Crippen LogP contribution is -2.30. The highest BCUT2D eigenvalue weighted by Crippen LogP contribution is 2.16. The molecule has 1 fully saturated rings. The van der Waals surface area contributed by atoms with Gasteiger partial charge >= 0.3 is 0 Å². The summed E-state index contributed by atoms with van der Waals surface area (Å²) >= 11 is 0. The number of nitrogens with one attached hydrogen (secondary N) is 1. The maximum atomic E-state index is 5.36. The topological polar surface area (TPSA) is 21.3 Å². The maximum Gasteiger partial charge on any atom is 0.0495 e. The van der Waals surface area contributed by atoms with Crippen LogP contribution in [0.5, 0.6) is 0 Å². The van der Waals surface area contributed by atoms with Crippen LogP contribution in [0.1, 0.15) is 32.1 Å². The van der Waals surface area contributed by atoms with Gasteiger partial charge in [-0.15, -0.1) is 0 Å². The molecular weight excluding hydrogens is 174 g/mol. The fourth-order valence-corrected chi connectivity index (χ4v) is 2.27. The van der Waals surface area contributed by atoms with Crippen LogP contribution in [0, 0.1) is 5.92 Å². The summed E-state index contributed by atoms with van der Waals surface area (Å²) in [5.41, 5.74) is 0. The lowest BCUT2D eigenvalue weighted by Gasteiger charge is -2.18. The van der Waals surface area contributed by atoms with Gasteiger partial charge in [0.1, 0.15) is 0 Å². The normalized spacial score (nSPS) is 32.3. The molecular formula is C12H21NO. The molecule has 0 amide bonds. The van der Waals surface area contributed by atoms with Crippen LogP contribution in [0.2, 0.25) is 0 Å². The van der Waals surface area contributed by atoms with Gasteiger partial charge in [-0.3, -0.25) is 0 Å². The fourth-order valence-electron chi connectivity index (χ4n) is 2.27. The van der Waals surface area contributed by atoms with Crippen molar-refractivity contribution in [1.29, 1.82) is 0 Å². The summed E-state index contributed by atoms with van der Waals surface area (Å²) in [7, 11) is 0. The van der Waals surface area contributed by atoms with E-state index in [1.807, 2.05) is 0 Å². The Balaban J connectivity index is 1.57. The second-order valence-electron chi connectivity index (χ2n) is 4.44. The van der Waals surface area contributed by atoms with Crippen molar-refractivity contribution in [2.75, 3.05) is 19.8 Å². The highest BCUT2D eigenvalue weighted by molar-refractivity contribution is 4.97. The standard InChI is InChI=1S/C12H21NO/c1-2-4-12(5-3-1)13-8-6-11-7-9-14-10-11/h2,4,11-13H,1,3,5-10H2. The molecule has 1 aliphatic carbocycles. The summed E-state index contributed by atoms with van der Waals surface area (Å²) in [6.07, 6.45) is 11.1. The van der Waals surface area contributed by atoms with E-state index in [-0.39, 0.29) is 0 Å². The van der Waals surface area contributed by atoms with Crippen molar-refractivity contribution < 1.29 is 4.74 Å². The Morgan fingerprint density at radius 1 is 1.36 bits per heavy atom. The highest BCUT2D eigenvalue weighted by atomic mass is 16.5. The molecule has 1 N–H and O–H groups in total. The summed E-state index contributed by atoms with van der Waals surface area (Å²) in [6.45, 7) is 3.12. The van der Waals surface area contributed by atoms with Gasteiger partial charge < -0.3 is 10.1 Å². The zero-order valence-corrected chi connectivity index (χ0v) is 8.87. The molecule has 0 saturated carbocycles. The van der Waals surface area contributed by atoms with Crippen molar-refractivity contribution >= 4 is 0 Å². The molecule has 0 aromatic carbocycles. The Morgan fingerprint density at radius 3 is 3.07 bits per heavy atom. The first-order chi connectivity index (χ1) is 6.95. The molecule has 1 heterocycles. The van der Waals surface area contributed by atoms with Gasteiger partial charge in [0.05, 0.1) is 0 Å². The highest BCUT2D eigenvalue weighted by Gasteiger charge is 2.15. The average molecular weight is 195 g/mol. The van der Waals surface area contributed by atoms with Crippen molar-refractivity contribution in [3.8, 4) is 0 Å². The summed E-state index contributed by atoms with van der Waals surface area (Å²) in [5, 5.41) is 3.61. The van der Waals surface area contributed by atoms with Crippen molar-refractivity contribution in [2.24, 2.45) is 5.92 Å². The van der Waals surface area contributed by atoms with E-state index in [9.17, 15) is 0 Å². The van der Waals surface area contributed by atoms with Crippen LogP contribution < -0.4 is 5.32 Å². The minimum atomic E-state index is 0.645. The first-order valence-corrected chi connectivity index (χ1v) is 5.93. The lowest BCUT2D eigenvalue weighted by molar-refractivity contribution is 0.184. The largest absolute Gasteiger partial charge is 0.381 e. The lowest BCUT2D eigenvalue weighted by atomic mass is 10.0. The molecule has 0 radical (unpaired) electrons. The van der Waals surface area contributed by atoms with Crippen LogP contribution in [0.15, 0.2) is 12.2 Å². The number of allylic oxidation sites excluding steroid dienone is 1. The molecule has 1 aliphatic heterocycles. The smallest absolute Gasteiger partial charge is 0.0495 e. The summed E-state index contributed by atoms with van der Waals surface area (Å²) in [6, 6.07) is 0.645. The van der Waals surface area contributed by atoms with Crippen molar-refractivity contribution in [1.82, 2.24) is 5.32 Å². The Labute approximate surface area is 86.7 Å². The molecule has 1 saturated heterocycles. The zero-order chi connectivity index (χ0) is 9.64. The molecule has 2 unspecified atom stereocenters. The Hall–Kier alpha value is -0.340. The molecule has 2 nitrogen and oxygen atoms in total. The minimum absolute atomic E-state index is 0.645. The van der Waals surface area contributed by atoms with Gasteiger partial charge in [0, 0.05) is 19.3 Å². The second-order valence-corrected chi connectivity index (χ2v) is 4.44. The zero-order valence-electron chi connectivity index (χ0n) is 8.87. The van der Waals surface area contributed by atoms with E-state index < -0.39 is 0 Å². The van der Waals surface area contributed by atoms with Crippen LogP contribution in [-0.2, 0) is 4.74 Å². The van der Waals surface area contributed by atoms with E-state index in [0.29, 0.717) is 6.04 Å². The molecule has 2 atom stereocenters. The van der Waals surface area contributed by atoms with Gasteiger partial charge in [-0.1, -0.05) is 12.2 Å². The summed E-state index contributed by atoms with van der Waals surface area (Å²) in [4.78, 5) is 0. The first kappa shape index (κ1) is 10.2. The number of ether oxygens (including phenoxy) is 1. The van der Waals surface area contributed by atoms with Crippen molar-refractivity contribution in [3.63, 3.8) is 0 Å². The van der Waals surface area contributed by atoms with Gasteiger partial charge in [-0.05, 0) is 44.6 Å². The minimum Gasteiger partial charge on any atom is -0.381 e. The number of rotatable bonds is 4. The Bertz CT molecular complexity index is 185. The third kappa shape index (κ3) is 3.10. The number of hydrogen-bond donors (Lipinski definition) is 1. The van der Waals surface area contributed by atoms with Crippen molar-refractivity contribution in [3.05, 3.63) is 12.2 Å². The van der Waals surface area contributed by atoms with Gasteiger partial charge in [0.15, 0.2) is 0 Å². The first-order valence-electron chi connectivity index (χ1n) is 5.93. The predicted molar refractivity (Wildman–Crippen MR) is 58.3 cm³/mol. The summed E-state index contributed by atoms with van der Waals surface area (Å²) in [5.74, 6) is 0.815. The Morgan fingerprint density at radius 2 is 2.36 bits per heavy atom. The quantitative estimate of drug-likeness (QED) is 0.694. The van der Waals surface area contributed by atoms with Gasteiger partial charge in [0.25, 0.3) is 0 Å². The molecule has 2 heteroatoms. The van der Waals surface area contributed by atoms with E-state index in [4.69, 9.17) is 4.74 Å². The number of hydrogen-bond acceptors (Lipinski definition) is 2.